The van der Waals surface area contributed by atoms with Crippen LogP contribution < -0.4 is 4.90 Å². The Balaban J connectivity index is 2.33. The van der Waals surface area contributed by atoms with Crippen LogP contribution in [0.4, 0.5) is 10.5 Å². The van der Waals surface area contributed by atoms with Crippen LogP contribution in [0.25, 0.3) is 0 Å². The lowest BCUT2D eigenvalue weighted by atomic mass is 9.91. The van der Waals surface area contributed by atoms with Crippen LogP contribution in [0.1, 0.15) is 58.2 Å². The van der Waals surface area contributed by atoms with Crippen molar-refractivity contribution in [3.8, 4) is 0 Å². The number of esters is 1. The Labute approximate surface area is 166 Å². The number of aldehydes is 1. The van der Waals surface area contributed by atoms with Gasteiger partial charge in [-0.2, -0.15) is 0 Å². The smallest absolute Gasteiger partial charge is 0.410 e. The van der Waals surface area contributed by atoms with E-state index in [0.29, 0.717) is 42.9 Å². The van der Waals surface area contributed by atoms with Crippen molar-refractivity contribution < 1.29 is 23.9 Å². The van der Waals surface area contributed by atoms with Gasteiger partial charge in [0.2, 0.25) is 0 Å². The highest BCUT2D eigenvalue weighted by atomic mass is 16.6. The maximum absolute atomic E-state index is 12.3. The average Bonchev–Trinajstić information content (AvgIpc) is 2.61. The zero-order valence-corrected chi connectivity index (χ0v) is 17.8. The molecule has 1 aromatic rings. The van der Waals surface area contributed by atoms with E-state index >= 15 is 0 Å². The zero-order chi connectivity index (χ0) is 21.2. The van der Waals surface area contributed by atoms with E-state index in [0.717, 1.165) is 23.1 Å². The molecule has 1 heterocycles. The number of rotatable bonds is 3. The molecule has 1 aromatic carbocycles. The van der Waals surface area contributed by atoms with Gasteiger partial charge < -0.3 is 19.3 Å². The molecule has 2 rings (SSSR count). The molecule has 0 radical (unpaired) electrons. The first-order valence-corrected chi connectivity index (χ1v) is 9.42. The van der Waals surface area contributed by atoms with Gasteiger partial charge in [-0.25, -0.2) is 9.59 Å². The summed E-state index contributed by atoms with van der Waals surface area (Å²) < 4.78 is 10.4. The predicted octanol–water partition coefficient (Wildman–Crippen LogP) is 3.27. The Morgan fingerprint density at radius 1 is 0.964 bits per heavy atom. The van der Waals surface area contributed by atoms with Gasteiger partial charge in [-0.15, -0.1) is 0 Å². The van der Waals surface area contributed by atoms with Crippen LogP contribution in [0.2, 0.25) is 0 Å². The van der Waals surface area contributed by atoms with Gasteiger partial charge in [-0.1, -0.05) is 0 Å². The standard InChI is InChI=1S/C21H30N2O5/c1-13-16(12-24)14(2)18(15(3)17(13)19(25)27-7)22-8-10-23(11-9-22)20(26)28-21(4,5)6/h12H,8-11H2,1-7H3. The van der Waals surface area contributed by atoms with Gasteiger partial charge >= 0.3 is 12.1 Å². The van der Waals surface area contributed by atoms with Crippen LogP contribution in [0, 0.1) is 20.8 Å². The van der Waals surface area contributed by atoms with E-state index in [2.05, 4.69) is 4.90 Å². The first-order valence-electron chi connectivity index (χ1n) is 9.42. The zero-order valence-electron chi connectivity index (χ0n) is 17.8. The highest BCUT2D eigenvalue weighted by Crippen LogP contribution is 2.34. The molecule has 1 saturated heterocycles. The Bertz CT molecular complexity index is 787. The van der Waals surface area contributed by atoms with Gasteiger partial charge in [0.05, 0.1) is 12.7 Å². The molecule has 1 aliphatic rings. The van der Waals surface area contributed by atoms with Crippen molar-refractivity contribution in [1.82, 2.24) is 4.90 Å². The van der Waals surface area contributed by atoms with E-state index in [4.69, 9.17) is 9.47 Å². The number of carbonyl (C=O) groups excluding carboxylic acids is 3. The summed E-state index contributed by atoms with van der Waals surface area (Å²) in [6.45, 7) is 13.2. The molecule has 0 bridgehead atoms. The van der Waals surface area contributed by atoms with Gasteiger partial charge in [0, 0.05) is 37.4 Å². The molecule has 0 aromatic heterocycles. The number of ether oxygens (including phenoxy) is 2. The lowest BCUT2D eigenvalue weighted by Crippen LogP contribution is -2.50. The number of nitrogens with zero attached hydrogens (tertiary/aromatic N) is 2. The lowest BCUT2D eigenvalue weighted by Gasteiger charge is -2.38. The van der Waals surface area contributed by atoms with E-state index in [1.54, 1.807) is 11.8 Å². The quantitative estimate of drug-likeness (QED) is 0.582. The van der Waals surface area contributed by atoms with Gasteiger partial charge in [0.1, 0.15) is 5.60 Å². The van der Waals surface area contributed by atoms with Gasteiger partial charge in [0.15, 0.2) is 6.29 Å². The summed E-state index contributed by atoms with van der Waals surface area (Å²) >= 11 is 0. The second-order valence-electron chi connectivity index (χ2n) is 8.08. The van der Waals surface area contributed by atoms with Gasteiger partial charge in [-0.05, 0) is 58.2 Å². The molecule has 1 fully saturated rings. The van der Waals surface area contributed by atoms with Crippen LogP contribution in [0.3, 0.4) is 0 Å². The van der Waals surface area contributed by atoms with Crippen molar-refractivity contribution >= 4 is 24.0 Å². The van der Waals surface area contributed by atoms with E-state index in [9.17, 15) is 14.4 Å². The minimum atomic E-state index is -0.535. The summed E-state index contributed by atoms with van der Waals surface area (Å²) in [6, 6.07) is 0. The van der Waals surface area contributed by atoms with Crippen molar-refractivity contribution in [2.75, 3.05) is 38.2 Å². The largest absolute Gasteiger partial charge is 0.465 e. The van der Waals surface area contributed by atoms with Gasteiger partial charge in [-0.3, -0.25) is 4.79 Å². The minimum absolute atomic E-state index is 0.326. The van der Waals surface area contributed by atoms with Crippen molar-refractivity contribution in [2.24, 2.45) is 0 Å². The molecule has 0 N–H and O–H groups in total. The normalized spacial score (nSPS) is 14.7. The second kappa shape index (κ2) is 8.20. The molecular formula is C21H30N2O5. The SMILES string of the molecule is COC(=O)c1c(C)c(C=O)c(C)c(N2CCN(C(=O)OC(C)(C)C)CC2)c1C. The highest BCUT2D eigenvalue weighted by Gasteiger charge is 2.29. The van der Waals surface area contributed by atoms with Crippen LogP contribution in [-0.2, 0) is 9.47 Å². The van der Waals surface area contributed by atoms with E-state index < -0.39 is 11.6 Å². The topological polar surface area (TPSA) is 76.2 Å². The first kappa shape index (κ1) is 21.7. The number of hydrogen-bond acceptors (Lipinski definition) is 6. The molecule has 0 atom stereocenters. The Hall–Kier alpha value is -2.57. The van der Waals surface area contributed by atoms with Crippen molar-refractivity contribution in [1.29, 1.82) is 0 Å². The molecule has 7 heteroatoms. The Morgan fingerprint density at radius 2 is 1.54 bits per heavy atom. The number of piperazine rings is 1. The number of carbonyl (C=O) groups is 3. The fourth-order valence-corrected chi connectivity index (χ4v) is 3.72. The molecule has 154 valence electrons. The third-order valence-electron chi connectivity index (χ3n) is 5.02. The number of benzene rings is 1. The summed E-state index contributed by atoms with van der Waals surface area (Å²) in [7, 11) is 1.33. The molecule has 0 aliphatic carbocycles. The summed E-state index contributed by atoms with van der Waals surface area (Å²) in [5.41, 5.74) is 3.52. The first-order chi connectivity index (χ1) is 13.0. The van der Waals surface area contributed by atoms with Crippen molar-refractivity contribution in [3.05, 3.63) is 27.8 Å². The van der Waals surface area contributed by atoms with Crippen LogP contribution in [0.5, 0.6) is 0 Å². The maximum Gasteiger partial charge on any atom is 0.410 e. The molecule has 1 aliphatic heterocycles. The molecule has 28 heavy (non-hydrogen) atoms. The lowest BCUT2D eigenvalue weighted by molar-refractivity contribution is 0.0240. The Morgan fingerprint density at radius 3 is 2.00 bits per heavy atom. The second-order valence-corrected chi connectivity index (χ2v) is 8.08. The molecular weight excluding hydrogens is 360 g/mol. The third-order valence-corrected chi connectivity index (χ3v) is 5.02. The highest BCUT2D eigenvalue weighted by molar-refractivity contribution is 5.99. The van der Waals surface area contributed by atoms with Crippen LogP contribution >= 0.6 is 0 Å². The molecule has 0 unspecified atom stereocenters. The summed E-state index contributed by atoms with van der Waals surface area (Å²) in [4.78, 5) is 40.1. The van der Waals surface area contributed by atoms with E-state index in [1.807, 2.05) is 34.6 Å². The van der Waals surface area contributed by atoms with E-state index in [1.165, 1.54) is 7.11 Å². The third kappa shape index (κ3) is 4.29. The number of amides is 1. The summed E-state index contributed by atoms with van der Waals surface area (Å²) in [5, 5.41) is 0. The van der Waals surface area contributed by atoms with Crippen molar-refractivity contribution in [3.63, 3.8) is 0 Å². The van der Waals surface area contributed by atoms with Gasteiger partial charge in [0.25, 0.3) is 0 Å². The summed E-state index contributed by atoms with van der Waals surface area (Å²) in [6.07, 6.45) is 0.463. The fraction of sp³-hybridized carbons (Fsp3) is 0.571. The number of hydrogen-bond donors (Lipinski definition) is 0. The number of methoxy groups -OCH3 is 1. The average molecular weight is 390 g/mol. The predicted molar refractivity (Wildman–Crippen MR) is 107 cm³/mol. The minimum Gasteiger partial charge on any atom is -0.465 e. The molecule has 1 amide bonds. The summed E-state index contributed by atoms with van der Waals surface area (Å²) in [5.74, 6) is -0.452. The number of anilines is 1. The monoisotopic (exact) mass is 390 g/mol. The fourth-order valence-electron chi connectivity index (χ4n) is 3.72. The van der Waals surface area contributed by atoms with Crippen LogP contribution in [-0.4, -0.2) is 62.1 Å². The molecule has 0 spiro atoms. The van der Waals surface area contributed by atoms with Crippen LogP contribution in [0.15, 0.2) is 0 Å². The Kier molecular flexibility index (Phi) is 6.37. The van der Waals surface area contributed by atoms with E-state index in [-0.39, 0.29) is 6.09 Å². The molecule has 7 nitrogen and oxygen atoms in total. The molecule has 0 saturated carbocycles. The van der Waals surface area contributed by atoms with Crippen molar-refractivity contribution in [2.45, 2.75) is 47.1 Å². The maximum atomic E-state index is 12.3.